The number of benzene rings is 2. The molecule has 0 unspecified atom stereocenters. The Morgan fingerprint density at radius 2 is 1.83 bits per heavy atom. The second-order valence-corrected chi connectivity index (χ2v) is 8.19. The number of thioether (sulfide) groups is 1. The molecular formula is C21H16BrNO6S. The van der Waals surface area contributed by atoms with Crippen LogP contribution in [0.2, 0.25) is 0 Å². The maximum absolute atomic E-state index is 12.5. The molecule has 0 atom stereocenters. The molecule has 2 amide bonds. The Bertz CT molecular complexity index is 1060. The molecule has 9 heteroatoms. The second kappa shape index (κ2) is 9.27. The van der Waals surface area contributed by atoms with Crippen LogP contribution in [0.5, 0.6) is 5.75 Å². The number of hydrogen-bond acceptors (Lipinski definition) is 7. The summed E-state index contributed by atoms with van der Waals surface area (Å²) in [5.41, 5.74) is 1.82. The van der Waals surface area contributed by atoms with E-state index in [1.54, 1.807) is 42.5 Å². The molecule has 0 N–H and O–H groups in total. The van der Waals surface area contributed by atoms with E-state index in [0.717, 1.165) is 10.5 Å². The third-order valence-electron chi connectivity index (χ3n) is 4.14. The number of hydrogen-bond donors (Lipinski definition) is 0. The lowest BCUT2D eigenvalue weighted by molar-refractivity contribution is -0.143. The molecule has 0 aliphatic carbocycles. The van der Waals surface area contributed by atoms with Gasteiger partial charge in [-0.25, -0.2) is 4.79 Å². The highest BCUT2D eigenvalue weighted by Crippen LogP contribution is 2.35. The minimum atomic E-state index is -0.700. The Morgan fingerprint density at radius 3 is 2.50 bits per heavy atom. The van der Waals surface area contributed by atoms with Gasteiger partial charge in [0.15, 0.2) is 0 Å². The van der Waals surface area contributed by atoms with Crippen molar-refractivity contribution in [2.75, 3.05) is 13.7 Å². The van der Waals surface area contributed by atoms with E-state index in [1.807, 2.05) is 6.92 Å². The zero-order valence-electron chi connectivity index (χ0n) is 16.0. The molecule has 1 fully saturated rings. The molecule has 2 aromatic carbocycles. The van der Waals surface area contributed by atoms with E-state index in [9.17, 15) is 19.2 Å². The second-order valence-electron chi connectivity index (χ2n) is 6.28. The molecule has 0 bridgehead atoms. The Balaban J connectivity index is 1.87. The van der Waals surface area contributed by atoms with E-state index < -0.39 is 29.6 Å². The normalized spacial score (nSPS) is 14.9. The van der Waals surface area contributed by atoms with Crippen LogP contribution >= 0.6 is 27.7 Å². The van der Waals surface area contributed by atoms with Gasteiger partial charge in [0.05, 0.1) is 17.6 Å². The number of nitrogens with zero attached hydrogens (tertiary/aromatic N) is 1. The van der Waals surface area contributed by atoms with Gasteiger partial charge in [0.25, 0.3) is 11.1 Å². The first-order valence-corrected chi connectivity index (χ1v) is 10.3. The molecule has 1 aliphatic rings. The molecule has 30 heavy (non-hydrogen) atoms. The van der Waals surface area contributed by atoms with E-state index in [2.05, 4.69) is 20.7 Å². The van der Waals surface area contributed by atoms with E-state index in [4.69, 9.17) is 4.74 Å². The standard InChI is InChI=1S/C21H16BrNO6S/c1-12-3-5-13(6-4-12)20(26)29-16-8-7-15(22)9-14(16)10-17-19(25)23(21(27)30-17)11-18(24)28-2/h3-10H,11H2,1-2H3/b17-10-. The maximum Gasteiger partial charge on any atom is 0.343 e. The lowest BCUT2D eigenvalue weighted by atomic mass is 10.1. The van der Waals surface area contributed by atoms with Gasteiger partial charge in [-0.1, -0.05) is 33.6 Å². The van der Waals surface area contributed by atoms with Crippen molar-refractivity contribution in [3.63, 3.8) is 0 Å². The Kier molecular flexibility index (Phi) is 6.73. The summed E-state index contributed by atoms with van der Waals surface area (Å²) in [4.78, 5) is 49.5. The average molecular weight is 490 g/mol. The van der Waals surface area contributed by atoms with E-state index >= 15 is 0 Å². The van der Waals surface area contributed by atoms with Gasteiger partial charge < -0.3 is 9.47 Å². The number of amides is 2. The number of halogens is 1. The summed E-state index contributed by atoms with van der Waals surface area (Å²) in [5.74, 6) is -1.64. The van der Waals surface area contributed by atoms with Gasteiger partial charge in [-0.05, 0) is 55.1 Å². The molecule has 1 heterocycles. The zero-order valence-corrected chi connectivity index (χ0v) is 18.4. The van der Waals surface area contributed by atoms with Crippen LogP contribution in [0.3, 0.4) is 0 Å². The fourth-order valence-electron chi connectivity index (χ4n) is 2.54. The van der Waals surface area contributed by atoms with E-state index in [0.29, 0.717) is 27.4 Å². The van der Waals surface area contributed by atoms with Gasteiger partial charge >= 0.3 is 11.9 Å². The van der Waals surface area contributed by atoms with Gasteiger partial charge in [-0.15, -0.1) is 0 Å². The van der Waals surface area contributed by atoms with Crippen LogP contribution < -0.4 is 4.74 Å². The summed E-state index contributed by atoms with van der Waals surface area (Å²) in [6.45, 7) is 1.45. The number of ether oxygens (including phenoxy) is 2. The topological polar surface area (TPSA) is 90.0 Å². The number of methoxy groups -OCH3 is 1. The fourth-order valence-corrected chi connectivity index (χ4v) is 3.75. The van der Waals surface area contributed by atoms with E-state index in [-0.39, 0.29) is 10.7 Å². The van der Waals surface area contributed by atoms with Crippen molar-refractivity contribution in [1.82, 2.24) is 4.90 Å². The summed E-state index contributed by atoms with van der Waals surface area (Å²) in [7, 11) is 1.17. The van der Waals surface area contributed by atoms with Crippen LogP contribution in [0.15, 0.2) is 51.8 Å². The van der Waals surface area contributed by atoms with Gasteiger partial charge in [0.2, 0.25) is 0 Å². The Morgan fingerprint density at radius 1 is 1.13 bits per heavy atom. The monoisotopic (exact) mass is 489 g/mol. The summed E-state index contributed by atoms with van der Waals surface area (Å²) in [6.07, 6.45) is 1.45. The molecule has 0 aromatic heterocycles. The van der Waals surface area contributed by atoms with Crippen LogP contribution in [-0.2, 0) is 14.3 Å². The first kappa shape index (κ1) is 21.8. The molecule has 3 rings (SSSR count). The lowest BCUT2D eigenvalue weighted by Crippen LogP contribution is -2.34. The first-order chi connectivity index (χ1) is 14.3. The minimum absolute atomic E-state index is 0.106. The molecule has 1 aliphatic heterocycles. The van der Waals surface area contributed by atoms with Crippen molar-refractivity contribution in [2.45, 2.75) is 6.92 Å². The number of imide groups is 1. The predicted octanol–water partition coefficient (Wildman–Crippen LogP) is 4.19. The van der Waals surface area contributed by atoms with Crippen LogP contribution in [0.25, 0.3) is 6.08 Å². The molecule has 154 valence electrons. The van der Waals surface area contributed by atoms with Crippen LogP contribution in [0, 0.1) is 6.92 Å². The summed E-state index contributed by atoms with van der Waals surface area (Å²) >= 11 is 4.04. The van der Waals surface area contributed by atoms with Crippen molar-refractivity contribution < 1.29 is 28.7 Å². The molecular weight excluding hydrogens is 474 g/mol. The Hall–Kier alpha value is -2.91. The number of carbonyl (C=O) groups is 4. The molecule has 0 spiro atoms. The summed E-state index contributed by atoms with van der Waals surface area (Å²) in [6, 6.07) is 11.9. The smallest absolute Gasteiger partial charge is 0.343 e. The number of rotatable bonds is 5. The summed E-state index contributed by atoms with van der Waals surface area (Å²) in [5, 5.41) is -0.579. The molecule has 1 saturated heterocycles. The highest BCUT2D eigenvalue weighted by atomic mass is 79.9. The lowest BCUT2D eigenvalue weighted by Gasteiger charge is -2.10. The maximum atomic E-state index is 12.5. The van der Waals surface area contributed by atoms with Crippen molar-refractivity contribution in [2.24, 2.45) is 0 Å². The van der Waals surface area contributed by atoms with Gasteiger partial charge in [-0.2, -0.15) is 0 Å². The third kappa shape index (κ3) is 4.98. The van der Waals surface area contributed by atoms with Crippen LogP contribution in [0.1, 0.15) is 21.5 Å². The summed E-state index contributed by atoms with van der Waals surface area (Å²) < 4.78 is 10.7. The highest BCUT2D eigenvalue weighted by Gasteiger charge is 2.36. The van der Waals surface area contributed by atoms with Crippen molar-refractivity contribution in [1.29, 1.82) is 0 Å². The zero-order chi connectivity index (χ0) is 21.8. The number of esters is 2. The molecule has 7 nitrogen and oxygen atoms in total. The minimum Gasteiger partial charge on any atom is -0.468 e. The van der Waals surface area contributed by atoms with Gasteiger partial charge in [0.1, 0.15) is 12.3 Å². The largest absolute Gasteiger partial charge is 0.468 e. The fraction of sp³-hybridized carbons (Fsp3) is 0.143. The van der Waals surface area contributed by atoms with E-state index in [1.165, 1.54) is 13.2 Å². The average Bonchev–Trinajstić information content (AvgIpc) is 2.97. The predicted molar refractivity (Wildman–Crippen MR) is 115 cm³/mol. The quantitative estimate of drug-likeness (QED) is 0.353. The van der Waals surface area contributed by atoms with Crippen LogP contribution in [0.4, 0.5) is 4.79 Å². The SMILES string of the molecule is COC(=O)CN1C(=O)S/C(=C\c2cc(Br)ccc2OC(=O)c2ccc(C)cc2)C1=O. The molecule has 0 radical (unpaired) electrons. The third-order valence-corrected chi connectivity index (χ3v) is 5.54. The van der Waals surface area contributed by atoms with Gasteiger partial charge in [0, 0.05) is 10.0 Å². The number of aryl methyl sites for hydroxylation is 1. The first-order valence-electron chi connectivity index (χ1n) is 8.69. The Labute approximate surface area is 185 Å². The highest BCUT2D eigenvalue weighted by molar-refractivity contribution is 9.10. The molecule has 2 aromatic rings. The van der Waals surface area contributed by atoms with Crippen molar-refractivity contribution in [3.05, 3.63) is 68.5 Å². The molecule has 0 saturated carbocycles. The van der Waals surface area contributed by atoms with Gasteiger partial charge in [-0.3, -0.25) is 19.3 Å². The number of carbonyl (C=O) groups excluding carboxylic acids is 4. The van der Waals surface area contributed by atoms with Crippen LogP contribution in [-0.4, -0.2) is 41.6 Å². The van der Waals surface area contributed by atoms with Crippen molar-refractivity contribution >= 4 is 56.9 Å². The van der Waals surface area contributed by atoms with Crippen molar-refractivity contribution in [3.8, 4) is 5.75 Å².